The van der Waals surface area contributed by atoms with Crippen LogP contribution in [0.25, 0.3) is 0 Å². The van der Waals surface area contributed by atoms with Crippen LogP contribution in [-0.4, -0.2) is 5.60 Å². The zero-order valence-corrected chi connectivity index (χ0v) is 19.4. The predicted molar refractivity (Wildman–Crippen MR) is 115 cm³/mol. The lowest BCUT2D eigenvalue weighted by Gasteiger charge is -2.53. The van der Waals surface area contributed by atoms with Gasteiger partial charge >= 0.3 is 0 Å². The molecule has 0 aliphatic carbocycles. The van der Waals surface area contributed by atoms with Gasteiger partial charge in [-0.1, -0.05) is 92.1 Å². The topological polar surface area (TPSA) is 9.23 Å². The summed E-state index contributed by atoms with van der Waals surface area (Å²) >= 11 is 0. The van der Waals surface area contributed by atoms with Gasteiger partial charge in [0.2, 0.25) is 0 Å². The summed E-state index contributed by atoms with van der Waals surface area (Å²) in [6.45, 7) is 25.7. The molecule has 0 fully saturated rings. The summed E-state index contributed by atoms with van der Waals surface area (Å²) in [6, 6.07) is 10.7. The smallest absolute Gasteiger partial charge is 0.0910 e. The summed E-state index contributed by atoms with van der Waals surface area (Å²) in [6.07, 6.45) is 2.13. The van der Waals surface area contributed by atoms with Gasteiger partial charge in [0.25, 0.3) is 0 Å². The Morgan fingerprint density at radius 2 is 1.31 bits per heavy atom. The van der Waals surface area contributed by atoms with Crippen LogP contribution in [0, 0.1) is 22.7 Å². The van der Waals surface area contributed by atoms with Crippen LogP contribution in [0.2, 0.25) is 0 Å². The van der Waals surface area contributed by atoms with E-state index in [1.54, 1.807) is 0 Å². The average Bonchev–Trinajstić information content (AvgIpc) is 2.52. The van der Waals surface area contributed by atoms with Gasteiger partial charge in [0.1, 0.15) is 0 Å². The maximum Gasteiger partial charge on any atom is 0.0910 e. The van der Waals surface area contributed by atoms with Gasteiger partial charge < -0.3 is 4.74 Å². The van der Waals surface area contributed by atoms with E-state index < -0.39 is 0 Å². The minimum Gasteiger partial charge on any atom is -0.364 e. The molecule has 3 unspecified atom stereocenters. The Kier molecular flexibility index (Phi) is 7.19. The molecule has 1 heteroatoms. The van der Waals surface area contributed by atoms with E-state index >= 15 is 0 Å². The molecule has 0 heterocycles. The van der Waals surface area contributed by atoms with Crippen LogP contribution in [0.3, 0.4) is 0 Å². The number of benzene rings is 1. The van der Waals surface area contributed by atoms with Gasteiger partial charge in [-0.2, -0.15) is 0 Å². The molecule has 1 aromatic carbocycles. The summed E-state index contributed by atoms with van der Waals surface area (Å²) in [5.41, 5.74) is 1.11. The Hall–Kier alpha value is -0.820. The Balaban J connectivity index is 3.21. The second-order valence-electron chi connectivity index (χ2n) is 10.6. The largest absolute Gasteiger partial charge is 0.364 e. The van der Waals surface area contributed by atoms with E-state index in [4.69, 9.17) is 4.74 Å². The van der Waals surface area contributed by atoms with E-state index in [0.29, 0.717) is 17.3 Å². The normalized spacial score (nSPS) is 18.3. The van der Waals surface area contributed by atoms with Gasteiger partial charge in [-0.05, 0) is 55.4 Å². The van der Waals surface area contributed by atoms with E-state index in [0.717, 1.165) is 12.8 Å². The fourth-order valence-corrected chi connectivity index (χ4v) is 4.14. The minimum absolute atomic E-state index is 0.0451. The third-order valence-electron chi connectivity index (χ3n) is 7.40. The number of hydrogen-bond donors (Lipinski definition) is 0. The van der Waals surface area contributed by atoms with Crippen molar-refractivity contribution in [2.45, 2.75) is 100 Å². The van der Waals surface area contributed by atoms with Crippen molar-refractivity contribution in [1.29, 1.82) is 0 Å². The molecule has 0 aromatic heterocycles. The zero-order valence-electron chi connectivity index (χ0n) is 19.4. The molecular weight excluding hydrogens is 316 g/mol. The summed E-state index contributed by atoms with van der Waals surface area (Å²) < 4.78 is 7.00. The predicted octanol–water partition coefficient (Wildman–Crippen LogP) is 7.84. The van der Waals surface area contributed by atoms with Crippen molar-refractivity contribution in [3.8, 4) is 0 Å². The molecule has 0 amide bonds. The third-order valence-corrected chi connectivity index (χ3v) is 7.40. The van der Waals surface area contributed by atoms with E-state index in [-0.39, 0.29) is 16.6 Å². The van der Waals surface area contributed by atoms with Crippen LogP contribution in [0.1, 0.15) is 94.6 Å². The van der Waals surface area contributed by atoms with Gasteiger partial charge in [-0.25, -0.2) is 0 Å². The number of rotatable bonds is 8. The highest BCUT2D eigenvalue weighted by atomic mass is 16.5. The second-order valence-corrected chi connectivity index (χ2v) is 10.6. The lowest BCUT2D eigenvalue weighted by Crippen LogP contribution is -2.52. The lowest BCUT2D eigenvalue weighted by atomic mass is 9.59. The van der Waals surface area contributed by atoms with Crippen molar-refractivity contribution in [3.05, 3.63) is 35.9 Å². The van der Waals surface area contributed by atoms with Crippen LogP contribution in [0.5, 0.6) is 0 Å². The van der Waals surface area contributed by atoms with Crippen molar-refractivity contribution in [1.82, 2.24) is 0 Å². The molecule has 0 spiro atoms. The molecule has 0 saturated carbocycles. The Bertz CT molecular complexity index is 549. The summed E-state index contributed by atoms with van der Waals surface area (Å²) in [7, 11) is 0. The Labute approximate surface area is 163 Å². The van der Waals surface area contributed by atoms with Crippen molar-refractivity contribution >= 4 is 0 Å². The minimum atomic E-state index is -0.262. The van der Waals surface area contributed by atoms with E-state index in [1.165, 1.54) is 5.56 Å². The van der Waals surface area contributed by atoms with Crippen LogP contribution in [0.4, 0.5) is 0 Å². The Morgan fingerprint density at radius 3 is 1.73 bits per heavy atom. The van der Waals surface area contributed by atoms with Gasteiger partial charge in [0.15, 0.2) is 0 Å². The van der Waals surface area contributed by atoms with Crippen molar-refractivity contribution in [3.63, 3.8) is 0 Å². The molecule has 150 valence electrons. The van der Waals surface area contributed by atoms with Gasteiger partial charge in [-0.15, -0.1) is 0 Å². The first kappa shape index (κ1) is 23.2. The molecule has 1 rings (SSSR count). The van der Waals surface area contributed by atoms with Gasteiger partial charge in [-0.3, -0.25) is 0 Å². The first-order chi connectivity index (χ1) is 11.7. The maximum absolute atomic E-state index is 7.00. The zero-order chi connectivity index (χ0) is 20.4. The average molecular weight is 361 g/mol. The van der Waals surface area contributed by atoms with Crippen molar-refractivity contribution in [2.75, 3.05) is 0 Å². The molecule has 0 N–H and O–H groups in total. The molecule has 3 atom stereocenters. The van der Waals surface area contributed by atoms with Crippen LogP contribution >= 0.6 is 0 Å². The first-order valence-corrected chi connectivity index (χ1v) is 10.4. The molecule has 0 bridgehead atoms. The Morgan fingerprint density at radius 1 is 0.808 bits per heavy atom. The molecule has 0 saturated heterocycles. The third kappa shape index (κ3) is 4.91. The van der Waals surface area contributed by atoms with E-state index in [2.05, 4.69) is 106 Å². The van der Waals surface area contributed by atoms with E-state index in [1.807, 2.05) is 0 Å². The highest BCUT2D eigenvalue weighted by Crippen LogP contribution is 2.50. The number of hydrogen-bond acceptors (Lipinski definition) is 1. The van der Waals surface area contributed by atoms with Crippen LogP contribution in [-0.2, 0) is 10.3 Å². The monoisotopic (exact) mass is 360 g/mol. The highest BCUT2D eigenvalue weighted by Gasteiger charge is 2.48. The molecule has 1 nitrogen and oxygen atoms in total. The molecule has 0 aliphatic rings. The summed E-state index contributed by atoms with van der Waals surface area (Å²) in [5.74, 6) is 1.15. The van der Waals surface area contributed by atoms with Crippen LogP contribution in [0.15, 0.2) is 30.3 Å². The van der Waals surface area contributed by atoms with Gasteiger partial charge in [0, 0.05) is 0 Å². The quantitative estimate of drug-likeness (QED) is 0.458. The molecule has 1 aromatic rings. The lowest BCUT2D eigenvalue weighted by molar-refractivity contribution is -0.207. The second kappa shape index (κ2) is 8.05. The van der Waals surface area contributed by atoms with Gasteiger partial charge in [0.05, 0.1) is 11.2 Å². The SMILES string of the molecule is CCCC(C)(OC(C)(C)C(C)(C)C(C)C(C)C(C)(C)C)c1ccccc1. The fourth-order valence-electron chi connectivity index (χ4n) is 4.14. The standard InChI is InChI=1S/C25H44O/c1-12-18-25(11,21-16-14-13-15-17-21)26-24(9,10)23(7,8)20(3)19(2)22(4,5)6/h13-17,19-20H,12,18H2,1-11H3. The first-order valence-electron chi connectivity index (χ1n) is 10.4. The molecule has 0 radical (unpaired) electrons. The summed E-state index contributed by atoms with van der Waals surface area (Å²) in [5, 5.41) is 0. The summed E-state index contributed by atoms with van der Waals surface area (Å²) in [4.78, 5) is 0. The van der Waals surface area contributed by atoms with Crippen molar-refractivity contribution < 1.29 is 4.74 Å². The molecular formula is C25H44O. The van der Waals surface area contributed by atoms with E-state index in [9.17, 15) is 0 Å². The van der Waals surface area contributed by atoms with Crippen LogP contribution < -0.4 is 0 Å². The highest BCUT2D eigenvalue weighted by molar-refractivity contribution is 5.22. The van der Waals surface area contributed by atoms with Crippen molar-refractivity contribution in [2.24, 2.45) is 22.7 Å². The molecule has 26 heavy (non-hydrogen) atoms. The number of ether oxygens (including phenoxy) is 1. The maximum atomic E-state index is 7.00. The molecule has 0 aliphatic heterocycles. The fraction of sp³-hybridized carbons (Fsp3) is 0.760.